The number of hydrogen-bond donors (Lipinski definition) is 1. The van der Waals surface area contributed by atoms with Crippen molar-refractivity contribution in [2.24, 2.45) is 0 Å². The van der Waals surface area contributed by atoms with Crippen LogP contribution in [0.3, 0.4) is 0 Å². The molecule has 0 aliphatic heterocycles. The van der Waals surface area contributed by atoms with E-state index in [0.29, 0.717) is 32.7 Å². The number of aliphatic hydroxyl groups excluding tert-OH is 1. The first kappa shape index (κ1) is 33.4. The number of anilines is 1. The van der Waals surface area contributed by atoms with Gasteiger partial charge in [-0.05, 0) is 38.5 Å². The number of para-hydroxylation sites is 1. The Bertz CT molecular complexity index is 1030. The number of rotatable bonds is 17. The average Bonchev–Trinajstić information content (AvgIpc) is 2.94. The fourth-order valence-electron chi connectivity index (χ4n) is 3.66. The zero-order valence-electron chi connectivity index (χ0n) is 24.2. The highest BCUT2D eigenvalue weighted by molar-refractivity contribution is 5.70. The zero-order valence-corrected chi connectivity index (χ0v) is 24.2. The molecule has 0 heterocycles. The molecule has 11 nitrogen and oxygen atoms in total. The monoisotopic (exact) mass is 574 g/mol. The van der Waals surface area contributed by atoms with E-state index in [1.54, 1.807) is 25.7 Å². The molecule has 0 aliphatic rings. The molecule has 11 heteroatoms. The van der Waals surface area contributed by atoms with Gasteiger partial charge in [0.05, 0.1) is 26.1 Å². The summed E-state index contributed by atoms with van der Waals surface area (Å²) in [6.07, 6.45) is -1.43. The Morgan fingerprint density at radius 3 is 1.80 bits per heavy atom. The quantitative estimate of drug-likeness (QED) is 0.218. The second-order valence-electron chi connectivity index (χ2n) is 10.0. The number of carbonyl (C=O) groups excluding carboxylic acids is 3. The van der Waals surface area contributed by atoms with Gasteiger partial charge in [-0.25, -0.2) is 9.59 Å². The van der Waals surface area contributed by atoms with Crippen molar-refractivity contribution in [3.05, 3.63) is 66.2 Å². The maximum absolute atomic E-state index is 12.1. The van der Waals surface area contributed by atoms with Crippen LogP contribution in [0.25, 0.3) is 0 Å². The van der Waals surface area contributed by atoms with Crippen molar-refractivity contribution < 1.29 is 43.2 Å². The molecule has 0 radical (unpaired) electrons. The Balaban J connectivity index is 1.70. The summed E-state index contributed by atoms with van der Waals surface area (Å²) >= 11 is 0. The SMILES string of the molecule is CC(C)(C)OC(=O)CCN(CCO)CCOC(=O)OCCN(CCOC(=O)OCc1ccccc1)c1ccccc1. The lowest BCUT2D eigenvalue weighted by Gasteiger charge is -2.24. The Morgan fingerprint density at radius 1 is 0.707 bits per heavy atom. The third-order valence-corrected chi connectivity index (χ3v) is 5.58. The molecule has 0 spiro atoms. The van der Waals surface area contributed by atoms with Crippen LogP contribution in [0.5, 0.6) is 0 Å². The topological polar surface area (TPSA) is 124 Å². The second-order valence-corrected chi connectivity index (χ2v) is 10.0. The van der Waals surface area contributed by atoms with Crippen LogP contribution in [0.4, 0.5) is 15.3 Å². The predicted octanol–water partition coefficient (Wildman–Crippen LogP) is 4.03. The molecule has 0 amide bonds. The molecule has 226 valence electrons. The highest BCUT2D eigenvalue weighted by atomic mass is 16.7. The first-order chi connectivity index (χ1) is 19.7. The van der Waals surface area contributed by atoms with Gasteiger partial charge >= 0.3 is 18.3 Å². The van der Waals surface area contributed by atoms with Crippen LogP contribution >= 0.6 is 0 Å². The van der Waals surface area contributed by atoms with E-state index in [4.69, 9.17) is 23.7 Å². The predicted molar refractivity (Wildman–Crippen MR) is 153 cm³/mol. The van der Waals surface area contributed by atoms with Gasteiger partial charge in [0.1, 0.15) is 32.0 Å². The minimum absolute atomic E-state index is 0.0362. The summed E-state index contributed by atoms with van der Waals surface area (Å²) in [7, 11) is 0. The Morgan fingerprint density at radius 2 is 1.24 bits per heavy atom. The van der Waals surface area contributed by atoms with Gasteiger partial charge in [0.2, 0.25) is 0 Å². The second kappa shape index (κ2) is 18.5. The Kier molecular flexibility index (Phi) is 15.1. The highest BCUT2D eigenvalue weighted by Crippen LogP contribution is 2.13. The number of hydrogen-bond acceptors (Lipinski definition) is 11. The summed E-state index contributed by atoms with van der Waals surface area (Å²) in [5, 5.41) is 9.30. The van der Waals surface area contributed by atoms with E-state index in [1.807, 2.05) is 65.6 Å². The van der Waals surface area contributed by atoms with Crippen LogP contribution in [0.2, 0.25) is 0 Å². The maximum Gasteiger partial charge on any atom is 0.508 e. The fraction of sp³-hybridized carbons (Fsp3) is 0.500. The number of esters is 1. The normalized spacial score (nSPS) is 11.0. The van der Waals surface area contributed by atoms with Crippen molar-refractivity contribution in [2.75, 3.05) is 64.1 Å². The van der Waals surface area contributed by atoms with Crippen molar-refractivity contribution >= 4 is 24.0 Å². The molecule has 2 rings (SSSR count). The van der Waals surface area contributed by atoms with Crippen LogP contribution in [-0.4, -0.2) is 93.0 Å². The summed E-state index contributed by atoms with van der Waals surface area (Å²) in [4.78, 5) is 39.8. The number of carbonyl (C=O) groups is 3. The third-order valence-electron chi connectivity index (χ3n) is 5.58. The summed E-state index contributed by atoms with van der Waals surface area (Å²) in [5.74, 6) is -0.335. The molecular weight excluding hydrogens is 532 g/mol. The molecule has 0 unspecified atom stereocenters. The van der Waals surface area contributed by atoms with E-state index in [1.165, 1.54) is 0 Å². The number of aliphatic hydroxyl groups is 1. The van der Waals surface area contributed by atoms with E-state index in [9.17, 15) is 19.5 Å². The minimum atomic E-state index is -0.824. The molecule has 41 heavy (non-hydrogen) atoms. The molecular formula is C30H42N2O9. The fourth-order valence-corrected chi connectivity index (χ4v) is 3.66. The zero-order chi connectivity index (χ0) is 29.9. The molecule has 1 N–H and O–H groups in total. The molecule has 0 aliphatic carbocycles. The molecule has 2 aromatic carbocycles. The summed E-state index contributed by atoms with van der Waals surface area (Å²) in [5.41, 5.74) is 1.17. The molecule has 0 fully saturated rings. The van der Waals surface area contributed by atoms with E-state index in [-0.39, 0.29) is 45.4 Å². The van der Waals surface area contributed by atoms with Crippen LogP contribution in [0.1, 0.15) is 32.8 Å². The minimum Gasteiger partial charge on any atom is -0.460 e. The van der Waals surface area contributed by atoms with E-state index in [0.717, 1.165) is 11.3 Å². The Labute approximate surface area is 241 Å². The van der Waals surface area contributed by atoms with Gasteiger partial charge in [0.15, 0.2) is 0 Å². The van der Waals surface area contributed by atoms with E-state index >= 15 is 0 Å². The molecule has 0 bridgehead atoms. The van der Waals surface area contributed by atoms with E-state index in [2.05, 4.69) is 0 Å². The maximum atomic E-state index is 12.1. The number of benzene rings is 2. The molecule has 0 aromatic heterocycles. The smallest absolute Gasteiger partial charge is 0.460 e. The number of ether oxygens (including phenoxy) is 5. The molecule has 0 saturated carbocycles. The van der Waals surface area contributed by atoms with Crippen molar-refractivity contribution in [2.45, 2.75) is 39.4 Å². The standard InChI is InChI=1S/C30H42N2O9/c1-30(2,3)41-27(34)14-15-31(16-20-33)17-21-37-28(35)38-22-18-32(26-12-8-5-9-13-26)19-23-39-29(36)40-24-25-10-6-4-7-11-25/h4-13,33H,14-24H2,1-3H3. The van der Waals surface area contributed by atoms with E-state index < -0.39 is 17.9 Å². The van der Waals surface area contributed by atoms with Gasteiger partial charge in [0.25, 0.3) is 0 Å². The van der Waals surface area contributed by atoms with Gasteiger partial charge < -0.3 is 33.7 Å². The van der Waals surface area contributed by atoms with Crippen molar-refractivity contribution in [3.63, 3.8) is 0 Å². The lowest BCUT2D eigenvalue weighted by atomic mass is 10.2. The summed E-state index contributed by atoms with van der Waals surface area (Å²) < 4.78 is 26.0. The molecule has 2 aromatic rings. The van der Waals surface area contributed by atoms with Gasteiger partial charge in [-0.3, -0.25) is 9.69 Å². The van der Waals surface area contributed by atoms with Crippen molar-refractivity contribution in [3.8, 4) is 0 Å². The van der Waals surface area contributed by atoms with Gasteiger partial charge in [-0.15, -0.1) is 0 Å². The largest absolute Gasteiger partial charge is 0.508 e. The van der Waals surface area contributed by atoms with Crippen LogP contribution in [-0.2, 0) is 35.1 Å². The number of nitrogens with zero attached hydrogens (tertiary/aromatic N) is 2. The van der Waals surface area contributed by atoms with Crippen molar-refractivity contribution in [1.29, 1.82) is 0 Å². The van der Waals surface area contributed by atoms with Crippen LogP contribution in [0, 0.1) is 0 Å². The third kappa shape index (κ3) is 15.5. The van der Waals surface area contributed by atoms with Crippen molar-refractivity contribution in [1.82, 2.24) is 4.90 Å². The summed E-state index contributed by atoms with van der Waals surface area (Å²) in [6.45, 7) is 7.30. The molecule has 0 atom stereocenters. The molecule has 0 saturated heterocycles. The Hall–Kier alpha value is -3.83. The highest BCUT2D eigenvalue weighted by Gasteiger charge is 2.17. The lowest BCUT2D eigenvalue weighted by Crippen LogP contribution is -2.34. The first-order valence-corrected chi connectivity index (χ1v) is 13.6. The lowest BCUT2D eigenvalue weighted by molar-refractivity contribution is -0.155. The van der Waals surface area contributed by atoms with Gasteiger partial charge in [-0.2, -0.15) is 0 Å². The van der Waals surface area contributed by atoms with Gasteiger partial charge in [-0.1, -0.05) is 48.5 Å². The van der Waals surface area contributed by atoms with Crippen LogP contribution in [0.15, 0.2) is 60.7 Å². The van der Waals surface area contributed by atoms with Gasteiger partial charge in [0, 0.05) is 25.3 Å². The first-order valence-electron chi connectivity index (χ1n) is 13.6. The van der Waals surface area contributed by atoms with Crippen LogP contribution < -0.4 is 4.90 Å². The summed E-state index contributed by atoms with van der Waals surface area (Å²) in [6, 6.07) is 18.8. The average molecular weight is 575 g/mol.